The van der Waals surface area contributed by atoms with E-state index in [1.165, 1.54) is 6.26 Å². The minimum atomic E-state index is -0.703. The fourth-order valence-corrected chi connectivity index (χ4v) is 5.49. The molecule has 0 spiro atoms. The topological polar surface area (TPSA) is 97.0 Å². The van der Waals surface area contributed by atoms with E-state index in [2.05, 4.69) is 0 Å². The molecule has 8 nitrogen and oxygen atoms in total. The summed E-state index contributed by atoms with van der Waals surface area (Å²) in [5.41, 5.74) is 3.08. The van der Waals surface area contributed by atoms with Crippen molar-refractivity contribution in [2.24, 2.45) is 7.05 Å². The number of carbonyl (C=O) groups is 2. The van der Waals surface area contributed by atoms with E-state index in [4.69, 9.17) is 18.6 Å². The van der Waals surface area contributed by atoms with Crippen LogP contribution < -0.4 is 19.6 Å². The molecule has 0 saturated carbocycles. The number of fused-ring (bicyclic) bond motifs is 5. The summed E-state index contributed by atoms with van der Waals surface area (Å²) < 4.78 is 24.8. The van der Waals surface area contributed by atoms with Crippen LogP contribution in [0.1, 0.15) is 39.4 Å². The molecule has 4 heterocycles. The Hall–Kier alpha value is -5.11. The average Bonchev–Trinajstić information content (AvgIpc) is 3.43. The monoisotopic (exact) mass is 519 g/mol. The fraction of sp³-hybridized carbons (Fsp3) is 0.129. The van der Waals surface area contributed by atoms with Crippen molar-refractivity contribution in [2.75, 3.05) is 7.11 Å². The molecule has 192 valence electrons. The van der Waals surface area contributed by atoms with E-state index in [0.29, 0.717) is 33.4 Å². The number of aryl methyl sites for hydroxylation is 1. The maximum Gasteiger partial charge on any atom is 0.312 e. The van der Waals surface area contributed by atoms with Gasteiger partial charge in [-0.3, -0.25) is 14.4 Å². The Bertz CT molecular complexity index is 1960. The first-order valence-electron chi connectivity index (χ1n) is 12.4. The first-order valence-corrected chi connectivity index (χ1v) is 12.4. The SMILES string of the molecule is COc1ccc2c(c1)c(C=C1Oc3c(ccc4c3C(c3coc5ccccc5c3=O)CC(=O)O4)C1=O)cn2C. The first kappa shape index (κ1) is 23.0. The van der Waals surface area contributed by atoms with E-state index < -0.39 is 11.9 Å². The van der Waals surface area contributed by atoms with Gasteiger partial charge in [0.15, 0.2) is 11.2 Å². The molecule has 2 aromatic heterocycles. The van der Waals surface area contributed by atoms with Crippen LogP contribution in [0.3, 0.4) is 0 Å². The summed E-state index contributed by atoms with van der Waals surface area (Å²) >= 11 is 0. The Morgan fingerprint density at radius 2 is 1.85 bits per heavy atom. The predicted molar refractivity (Wildman–Crippen MR) is 143 cm³/mol. The van der Waals surface area contributed by atoms with Crippen LogP contribution in [0.2, 0.25) is 0 Å². The Morgan fingerprint density at radius 3 is 2.69 bits per heavy atom. The average molecular weight is 520 g/mol. The molecule has 0 fully saturated rings. The number of hydrogen-bond acceptors (Lipinski definition) is 7. The lowest BCUT2D eigenvalue weighted by Gasteiger charge is -2.25. The number of carbonyl (C=O) groups excluding carboxylic acids is 2. The Labute approximate surface area is 221 Å². The Kier molecular flexibility index (Phi) is 5.00. The lowest BCUT2D eigenvalue weighted by atomic mass is 9.85. The number of para-hydroxylation sites is 1. The standard InChI is InChI=1S/C31H21NO7/c1-32-14-16(20-12-17(36-2)7-9-23(20)32)11-26-30(35)19-8-10-25-28(31(19)39-26)21(13-27(33)38-25)22-15-37-24-6-4-3-5-18(24)29(22)34/h3-12,14-15,21H,13H2,1-2H3. The number of methoxy groups -OCH3 is 1. The van der Waals surface area contributed by atoms with Gasteiger partial charge in [-0.15, -0.1) is 0 Å². The second kappa shape index (κ2) is 8.46. The second-order valence-corrected chi connectivity index (χ2v) is 9.62. The van der Waals surface area contributed by atoms with E-state index in [1.807, 2.05) is 36.0 Å². The number of benzene rings is 3. The highest BCUT2D eigenvalue weighted by Gasteiger charge is 2.39. The highest BCUT2D eigenvalue weighted by molar-refractivity contribution is 6.15. The lowest BCUT2D eigenvalue weighted by molar-refractivity contribution is -0.135. The summed E-state index contributed by atoms with van der Waals surface area (Å²) in [6.07, 6.45) is 4.90. The maximum atomic E-state index is 13.5. The van der Waals surface area contributed by atoms with Gasteiger partial charge in [-0.25, -0.2) is 0 Å². The molecule has 2 aliphatic heterocycles. The smallest absolute Gasteiger partial charge is 0.312 e. The summed E-state index contributed by atoms with van der Waals surface area (Å²) in [5, 5.41) is 1.31. The quantitative estimate of drug-likeness (QED) is 0.180. The highest BCUT2D eigenvalue weighted by atomic mass is 16.5. The second-order valence-electron chi connectivity index (χ2n) is 9.62. The van der Waals surface area contributed by atoms with Crippen LogP contribution in [-0.4, -0.2) is 23.4 Å². The molecule has 0 radical (unpaired) electrons. The van der Waals surface area contributed by atoms with Gasteiger partial charge in [0.1, 0.15) is 22.8 Å². The van der Waals surface area contributed by atoms with E-state index in [0.717, 1.165) is 16.5 Å². The molecule has 0 aliphatic carbocycles. The van der Waals surface area contributed by atoms with Gasteiger partial charge in [0.05, 0.1) is 30.7 Å². The largest absolute Gasteiger partial charge is 0.497 e. The minimum Gasteiger partial charge on any atom is -0.497 e. The van der Waals surface area contributed by atoms with Gasteiger partial charge in [-0.2, -0.15) is 0 Å². The van der Waals surface area contributed by atoms with Crippen molar-refractivity contribution in [2.45, 2.75) is 12.3 Å². The van der Waals surface area contributed by atoms with Gasteiger partial charge in [0.2, 0.25) is 5.78 Å². The molecule has 1 unspecified atom stereocenters. The van der Waals surface area contributed by atoms with E-state index >= 15 is 0 Å². The molecule has 0 bridgehead atoms. The molecule has 8 heteroatoms. The molecule has 2 aliphatic rings. The third-order valence-corrected chi connectivity index (χ3v) is 7.38. The van der Waals surface area contributed by atoms with Crippen LogP contribution in [0.25, 0.3) is 27.9 Å². The molecule has 5 aromatic rings. The van der Waals surface area contributed by atoms with Crippen molar-refractivity contribution in [3.63, 3.8) is 0 Å². The zero-order valence-electron chi connectivity index (χ0n) is 21.0. The third-order valence-electron chi connectivity index (χ3n) is 7.38. The molecule has 0 saturated heterocycles. The Morgan fingerprint density at radius 1 is 1.00 bits per heavy atom. The summed E-state index contributed by atoms with van der Waals surface area (Å²) in [5.74, 6) is -0.110. The van der Waals surface area contributed by atoms with Crippen molar-refractivity contribution in [1.82, 2.24) is 4.57 Å². The van der Waals surface area contributed by atoms with Crippen molar-refractivity contribution in [1.29, 1.82) is 0 Å². The van der Waals surface area contributed by atoms with Gasteiger partial charge in [0.25, 0.3) is 0 Å². The summed E-state index contributed by atoms with van der Waals surface area (Å²) in [7, 11) is 3.53. The van der Waals surface area contributed by atoms with E-state index in [-0.39, 0.29) is 34.9 Å². The van der Waals surface area contributed by atoms with Crippen molar-refractivity contribution < 1.29 is 28.2 Å². The van der Waals surface area contributed by atoms with Crippen LogP contribution >= 0.6 is 0 Å². The number of allylic oxidation sites excluding steroid dienone is 1. The van der Waals surface area contributed by atoms with E-state index in [9.17, 15) is 14.4 Å². The third kappa shape index (κ3) is 3.49. The number of esters is 1. The maximum absolute atomic E-state index is 13.5. The van der Waals surface area contributed by atoms with Crippen molar-refractivity contribution in [3.8, 4) is 17.2 Å². The minimum absolute atomic E-state index is 0.0910. The highest BCUT2D eigenvalue weighted by Crippen LogP contribution is 2.48. The number of aromatic nitrogens is 1. The molecule has 7 rings (SSSR count). The Balaban J connectivity index is 1.37. The normalized spacial score (nSPS) is 17.3. The summed E-state index contributed by atoms with van der Waals surface area (Å²) in [6, 6.07) is 15.8. The van der Waals surface area contributed by atoms with Gasteiger partial charge in [-0.05, 0) is 48.5 Å². The van der Waals surface area contributed by atoms with Gasteiger partial charge in [0, 0.05) is 46.8 Å². The molecular weight excluding hydrogens is 498 g/mol. The zero-order chi connectivity index (χ0) is 26.8. The van der Waals surface area contributed by atoms with Gasteiger partial charge >= 0.3 is 5.97 Å². The van der Waals surface area contributed by atoms with Gasteiger partial charge < -0.3 is 23.2 Å². The zero-order valence-corrected chi connectivity index (χ0v) is 21.0. The number of nitrogens with zero attached hydrogens (tertiary/aromatic N) is 1. The predicted octanol–water partition coefficient (Wildman–Crippen LogP) is 5.35. The first-order chi connectivity index (χ1) is 18.9. The number of rotatable bonds is 3. The number of Topliss-reactive ketones (excluding diaryl/α,β-unsaturated/α-hetero) is 1. The van der Waals surface area contributed by atoms with Crippen LogP contribution in [0.4, 0.5) is 0 Å². The molecule has 3 aromatic carbocycles. The molecule has 0 amide bonds. The van der Waals surface area contributed by atoms with Crippen molar-refractivity contribution in [3.05, 3.63) is 105 Å². The number of ketones is 1. The van der Waals surface area contributed by atoms with Crippen LogP contribution in [0.5, 0.6) is 17.2 Å². The molecular formula is C31H21NO7. The van der Waals surface area contributed by atoms with Gasteiger partial charge in [-0.1, -0.05) is 12.1 Å². The number of ether oxygens (including phenoxy) is 3. The fourth-order valence-electron chi connectivity index (χ4n) is 5.49. The summed E-state index contributed by atoms with van der Waals surface area (Å²) in [6.45, 7) is 0. The number of hydrogen-bond donors (Lipinski definition) is 0. The van der Waals surface area contributed by atoms with E-state index in [1.54, 1.807) is 49.6 Å². The summed E-state index contributed by atoms with van der Waals surface area (Å²) in [4.78, 5) is 39.5. The van der Waals surface area contributed by atoms with Crippen LogP contribution in [0, 0.1) is 0 Å². The molecule has 0 N–H and O–H groups in total. The van der Waals surface area contributed by atoms with Crippen molar-refractivity contribution >= 4 is 39.7 Å². The molecule has 1 atom stereocenters. The lowest BCUT2D eigenvalue weighted by Crippen LogP contribution is -2.25. The van der Waals surface area contributed by atoms with Crippen LogP contribution in [-0.2, 0) is 11.8 Å². The van der Waals surface area contributed by atoms with Crippen LogP contribution in [0.15, 0.2) is 82.0 Å². The molecule has 39 heavy (non-hydrogen) atoms.